The molecule has 0 saturated carbocycles. The third kappa shape index (κ3) is 5.06. The second-order valence-corrected chi connectivity index (χ2v) is 5.35. The van der Waals surface area contributed by atoms with Crippen LogP contribution in [0.25, 0.3) is 0 Å². The van der Waals surface area contributed by atoms with Crippen LogP contribution in [0.5, 0.6) is 0 Å². The Balaban J connectivity index is 4.94. The molecule has 0 saturated heterocycles. The van der Waals surface area contributed by atoms with Crippen molar-refractivity contribution in [3.63, 3.8) is 0 Å². The average Bonchev–Trinajstić information content (AvgIpc) is 2.31. The first-order valence-corrected chi connectivity index (χ1v) is 6.64. The molecule has 0 aliphatic rings. The van der Waals surface area contributed by atoms with Crippen molar-refractivity contribution >= 4 is 12.0 Å². The van der Waals surface area contributed by atoms with E-state index in [2.05, 4.69) is 5.32 Å². The fraction of sp³-hybridized carbons (Fsp3) is 0.846. The van der Waals surface area contributed by atoms with Crippen molar-refractivity contribution in [3.8, 4) is 0 Å². The van der Waals surface area contributed by atoms with Gasteiger partial charge in [0.05, 0.1) is 12.1 Å². The molecule has 6 nitrogen and oxygen atoms in total. The molecule has 112 valence electrons. The fourth-order valence-corrected chi connectivity index (χ4v) is 1.86. The van der Waals surface area contributed by atoms with Gasteiger partial charge in [0.15, 0.2) is 0 Å². The highest BCUT2D eigenvalue weighted by atomic mass is 16.4. The predicted molar refractivity (Wildman–Crippen MR) is 73.0 cm³/mol. The summed E-state index contributed by atoms with van der Waals surface area (Å²) in [4.78, 5) is 24.9. The number of hydrogen-bond acceptors (Lipinski definition) is 3. The lowest BCUT2D eigenvalue weighted by Gasteiger charge is -2.33. The van der Waals surface area contributed by atoms with Crippen molar-refractivity contribution in [2.75, 3.05) is 13.1 Å². The van der Waals surface area contributed by atoms with Gasteiger partial charge >= 0.3 is 12.0 Å². The highest BCUT2D eigenvalue weighted by Gasteiger charge is 2.37. The van der Waals surface area contributed by atoms with Crippen LogP contribution >= 0.6 is 0 Å². The zero-order valence-electron chi connectivity index (χ0n) is 12.5. The summed E-state index contributed by atoms with van der Waals surface area (Å²) in [5.41, 5.74) is -2.26. The van der Waals surface area contributed by atoms with Crippen molar-refractivity contribution in [2.24, 2.45) is 0 Å². The molecule has 3 N–H and O–H groups in total. The number of hydrogen-bond donors (Lipinski definition) is 3. The van der Waals surface area contributed by atoms with E-state index in [1.54, 1.807) is 34.6 Å². The molecule has 0 radical (unpaired) electrons. The standard InChI is InChI=1S/C13H26N2O4/c1-6-13(7-2,10(16)17)14-11(18)15(8-3)9-12(4,5)19/h19H,6-9H2,1-5H3,(H,14,18)(H,16,17). The number of carboxylic acids is 1. The van der Waals surface area contributed by atoms with E-state index in [-0.39, 0.29) is 6.54 Å². The molecular weight excluding hydrogens is 248 g/mol. The number of nitrogens with one attached hydrogen (secondary N) is 1. The van der Waals surface area contributed by atoms with Crippen LogP contribution in [0.1, 0.15) is 47.5 Å². The lowest BCUT2D eigenvalue weighted by atomic mass is 9.93. The van der Waals surface area contributed by atoms with Crippen molar-refractivity contribution in [2.45, 2.75) is 58.6 Å². The number of carbonyl (C=O) groups excluding carboxylic acids is 1. The van der Waals surface area contributed by atoms with Crippen LogP contribution in [-0.2, 0) is 4.79 Å². The van der Waals surface area contributed by atoms with Crippen LogP contribution in [0.2, 0.25) is 0 Å². The summed E-state index contributed by atoms with van der Waals surface area (Å²) in [6.45, 7) is 9.00. The van der Waals surface area contributed by atoms with Crippen molar-refractivity contribution in [1.29, 1.82) is 0 Å². The van der Waals surface area contributed by atoms with Gasteiger partial charge < -0.3 is 20.4 Å². The number of amides is 2. The van der Waals surface area contributed by atoms with Gasteiger partial charge in [-0.15, -0.1) is 0 Å². The molecule has 0 bridgehead atoms. The van der Waals surface area contributed by atoms with Crippen LogP contribution in [0.4, 0.5) is 4.79 Å². The minimum atomic E-state index is -1.25. The van der Waals surface area contributed by atoms with E-state index in [1.807, 2.05) is 0 Å². The maximum absolute atomic E-state index is 12.1. The number of aliphatic hydroxyl groups is 1. The monoisotopic (exact) mass is 274 g/mol. The van der Waals surface area contributed by atoms with Gasteiger partial charge in [-0.05, 0) is 33.6 Å². The normalized spacial score (nSPS) is 12.1. The molecule has 0 aromatic rings. The van der Waals surface area contributed by atoms with Crippen molar-refractivity contribution in [3.05, 3.63) is 0 Å². The average molecular weight is 274 g/mol. The third-order valence-corrected chi connectivity index (χ3v) is 3.21. The fourth-order valence-electron chi connectivity index (χ4n) is 1.86. The Hall–Kier alpha value is -1.30. The van der Waals surface area contributed by atoms with Crippen LogP contribution in [0.15, 0.2) is 0 Å². The molecule has 0 unspecified atom stereocenters. The minimum Gasteiger partial charge on any atom is -0.480 e. The maximum Gasteiger partial charge on any atom is 0.329 e. The Morgan fingerprint density at radius 2 is 1.63 bits per heavy atom. The first-order chi connectivity index (χ1) is 8.61. The molecule has 0 aliphatic heterocycles. The molecule has 0 atom stereocenters. The summed E-state index contributed by atoms with van der Waals surface area (Å²) in [6, 6.07) is -0.462. The van der Waals surface area contributed by atoms with Gasteiger partial charge in [0.2, 0.25) is 0 Å². The van der Waals surface area contributed by atoms with E-state index < -0.39 is 23.1 Å². The zero-order chi connectivity index (χ0) is 15.3. The molecule has 0 aromatic carbocycles. The predicted octanol–water partition coefficient (Wildman–Crippen LogP) is 1.43. The molecule has 2 amide bonds. The Labute approximate surface area is 114 Å². The maximum atomic E-state index is 12.1. The van der Waals surface area contributed by atoms with Crippen molar-refractivity contribution < 1.29 is 19.8 Å². The molecule has 0 rings (SSSR count). The zero-order valence-corrected chi connectivity index (χ0v) is 12.5. The van der Waals surface area contributed by atoms with Gasteiger partial charge in [-0.3, -0.25) is 0 Å². The summed E-state index contributed by atoms with van der Waals surface area (Å²) in [5, 5.41) is 21.6. The van der Waals surface area contributed by atoms with Crippen LogP contribution < -0.4 is 5.32 Å². The third-order valence-electron chi connectivity index (χ3n) is 3.21. The summed E-state index contributed by atoms with van der Waals surface area (Å²) in [7, 11) is 0. The van der Waals surface area contributed by atoms with Crippen molar-refractivity contribution in [1.82, 2.24) is 10.2 Å². The Bertz CT molecular complexity index is 319. The molecule has 0 fully saturated rings. The number of aliphatic carboxylic acids is 1. The summed E-state index contributed by atoms with van der Waals surface area (Å²) < 4.78 is 0. The van der Waals surface area contributed by atoms with Gasteiger partial charge in [-0.2, -0.15) is 0 Å². The van der Waals surface area contributed by atoms with Gasteiger partial charge in [0.1, 0.15) is 5.54 Å². The molecule has 0 spiro atoms. The smallest absolute Gasteiger partial charge is 0.329 e. The van der Waals surface area contributed by atoms with E-state index in [4.69, 9.17) is 0 Å². The largest absolute Gasteiger partial charge is 0.480 e. The first kappa shape index (κ1) is 17.7. The lowest BCUT2D eigenvalue weighted by Crippen LogP contribution is -2.58. The van der Waals surface area contributed by atoms with E-state index in [1.165, 1.54) is 4.90 Å². The molecule has 19 heavy (non-hydrogen) atoms. The lowest BCUT2D eigenvalue weighted by molar-refractivity contribution is -0.144. The van der Waals surface area contributed by atoms with Crippen LogP contribution in [0, 0.1) is 0 Å². The minimum absolute atomic E-state index is 0.151. The van der Waals surface area contributed by atoms with Gasteiger partial charge in [-0.1, -0.05) is 13.8 Å². The Kier molecular flexibility index (Phi) is 6.29. The first-order valence-electron chi connectivity index (χ1n) is 6.64. The highest BCUT2D eigenvalue weighted by Crippen LogP contribution is 2.16. The number of urea groups is 1. The van der Waals surface area contributed by atoms with E-state index in [9.17, 15) is 19.8 Å². The van der Waals surface area contributed by atoms with Crippen LogP contribution in [-0.4, -0.2) is 51.3 Å². The Morgan fingerprint density at radius 1 is 1.16 bits per heavy atom. The topological polar surface area (TPSA) is 89.9 Å². The van der Waals surface area contributed by atoms with Gasteiger partial charge in [-0.25, -0.2) is 9.59 Å². The number of carbonyl (C=O) groups is 2. The summed E-state index contributed by atoms with van der Waals surface area (Å²) in [6.07, 6.45) is 0.620. The number of nitrogens with zero attached hydrogens (tertiary/aromatic N) is 1. The van der Waals surface area contributed by atoms with E-state index in [0.29, 0.717) is 19.4 Å². The summed E-state index contributed by atoms with van der Waals surface area (Å²) in [5.74, 6) is -1.04. The highest BCUT2D eigenvalue weighted by molar-refractivity contribution is 5.86. The quantitative estimate of drug-likeness (QED) is 0.655. The molecule has 6 heteroatoms. The molecule has 0 aliphatic carbocycles. The Morgan fingerprint density at radius 3 is 1.89 bits per heavy atom. The number of carboxylic acid groups (broad SMARTS) is 1. The summed E-state index contributed by atoms with van der Waals surface area (Å²) >= 11 is 0. The molecule has 0 heterocycles. The van der Waals surface area contributed by atoms with E-state index in [0.717, 1.165) is 0 Å². The van der Waals surface area contributed by atoms with Crippen LogP contribution in [0.3, 0.4) is 0 Å². The second kappa shape index (κ2) is 6.75. The van der Waals surface area contributed by atoms with Gasteiger partial charge in [0.25, 0.3) is 0 Å². The van der Waals surface area contributed by atoms with E-state index >= 15 is 0 Å². The molecule has 0 aromatic heterocycles. The number of likely N-dealkylation sites (N-methyl/N-ethyl adjacent to an activating group) is 1. The SMILES string of the molecule is CCN(CC(C)(C)O)C(=O)NC(CC)(CC)C(=O)O. The number of rotatable bonds is 7. The van der Waals surface area contributed by atoms with Gasteiger partial charge in [0, 0.05) is 6.54 Å². The second-order valence-electron chi connectivity index (χ2n) is 5.35. The molecular formula is C13H26N2O4.